The van der Waals surface area contributed by atoms with Crippen LogP contribution in [0.25, 0.3) is 0 Å². The van der Waals surface area contributed by atoms with Crippen LogP contribution in [-0.4, -0.2) is 60.3 Å². The molecule has 8 heteroatoms. The molecule has 4 rings (SSSR count). The molecule has 1 amide bonds. The lowest BCUT2D eigenvalue weighted by molar-refractivity contribution is -0.139. The summed E-state index contributed by atoms with van der Waals surface area (Å²) in [5.74, 6) is -1.06. The summed E-state index contributed by atoms with van der Waals surface area (Å²) in [6.45, 7) is 3.57. The third-order valence-electron chi connectivity index (χ3n) is 7.19. The molecule has 3 N–H and O–H groups in total. The minimum absolute atomic E-state index is 0.0172. The molecule has 3 heterocycles. The fraction of sp³-hybridized carbons (Fsp3) is 0.545. The van der Waals surface area contributed by atoms with Gasteiger partial charge in [0.05, 0.1) is 19.6 Å². The van der Waals surface area contributed by atoms with Crippen LogP contribution in [0.1, 0.15) is 38.2 Å². The number of carbonyl (C=O) groups excluding carboxylic acids is 2. The van der Waals surface area contributed by atoms with Gasteiger partial charge in [-0.3, -0.25) is 9.69 Å². The van der Waals surface area contributed by atoms with Gasteiger partial charge < -0.3 is 25.0 Å². The van der Waals surface area contributed by atoms with Crippen molar-refractivity contribution in [3.63, 3.8) is 0 Å². The van der Waals surface area contributed by atoms with Crippen molar-refractivity contribution >= 4 is 17.6 Å². The van der Waals surface area contributed by atoms with Crippen LogP contribution in [0.5, 0.6) is 11.5 Å². The Labute approximate surface area is 175 Å². The van der Waals surface area contributed by atoms with Gasteiger partial charge in [-0.25, -0.2) is 4.79 Å². The molecule has 1 aromatic carbocycles. The largest absolute Gasteiger partial charge is 0.504 e. The van der Waals surface area contributed by atoms with Crippen LogP contribution in [0, 0.1) is 5.41 Å². The van der Waals surface area contributed by atoms with Crippen molar-refractivity contribution in [2.75, 3.05) is 32.6 Å². The van der Waals surface area contributed by atoms with Crippen molar-refractivity contribution in [1.29, 1.82) is 0 Å². The number of hydrogen-bond donors (Lipinski definition) is 3. The van der Waals surface area contributed by atoms with Crippen molar-refractivity contribution in [3.05, 3.63) is 29.5 Å². The van der Waals surface area contributed by atoms with E-state index in [9.17, 15) is 19.8 Å². The smallest absolute Gasteiger partial charge is 0.372 e. The van der Waals surface area contributed by atoms with E-state index in [0.29, 0.717) is 24.3 Å². The summed E-state index contributed by atoms with van der Waals surface area (Å²) in [5.41, 5.74) is -0.110. The van der Waals surface area contributed by atoms with E-state index in [1.807, 2.05) is 6.92 Å². The van der Waals surface area contributed by atoms with Crippen LogP contribution >= 0.6 is 0 Å². The molecule has 0 bridgehead atoms. The molecule has 2 fully saturated rings. The molecular weight excluding hydrogens is 388 g/mol. The third-order valence-corrected chi connectivity index (χ3v) is 7.19. The van der Waals surface area contributed by atoms with E-state index in [4.69, 9.17) is 9.47 Å². The lowest BCUT2D eigenvalue weighted by atomic mass is 9.60. The summed E-state index contributed by atoms with van der Waals surface area (Å²) in [7, 11) is 2.70. The fourth-order valence-electron chi connectivity index (χ4n) is 5.88. The number of aliphatic hydroxyl groups excluding tert-OH is 1. The molecule has 8 nitrogen and oxygen atoms in total. The molecular formula is C22H28N2O6. The molecule has 1 aromatic rings. The second kappa shape index (κ2) is 7.19. The maximum absolute atomic E-state index is 13.5. The molecule has 0 aromatic heterocycles. The van der Waals surface area contributed by atoms with Gasteiger partial charge in [-0.2, -0.15) is 0 Å². The molecule has 1 spiro atoms. The molecule has 162 valence electrons. The maximum atomic E-state index is 13.5. The van der Waals surface area contributed by atoms with Crippen LogP contribution < -0.4 is 10.1 Å². The molecule has 0 aliphatic carbocycles. The average Bonchev–Trinajstić information content (AvgIpc) is 3.27. The summed E-state index contributed by atoms with van der Waals surface area (Å²) < 4.78 is 9.90. The van der Waals surface area contributed by atoms with Crippen LogP contribution in [-0.2, 0) is 19.7 Å². The summed E-state index contributed by atoms with van der Waals surface area (Å²) in [6, 6.07) is 3.01. The van der Waals surface area contributed by atoms with Gasteiger partial charge in [0, 0.05) is 23.2 Å². The quantitative estimate of drug-likeness (QED) is 0.299. The van der Waals surface area contributed by atoms with E-state index in [0.717, 1.165) is 31.5 Å². The third kappa shape index (κ3) is 2.70. The number of aliphatic hydroxyl groups is 1. The first kappa shape index (κ1) is 20.5. The number of ether oxygens (including phenoxy) is 2. The summed E-state index contributed by atoms with van der Waals surface area (Å²) >= 11 is 0. The number of methoxy groups -OCH3 is 2. The van der Waals surface area contributed by atoms with Crippen molar-refractivity contribution in [1.82, 2.24) is 4.90 Å². The van der Waals surface area contributed by atoms with Crippen molar-refractivity contribution in [2.24, 2.45) is 5.41 Å². The zero-order chi connectivity index (χ0) is 21.7. The highest BCUT2D eigenvalue weighted by atomic mass is 16.5. The number of aromatic hydroxyl groups is 1. The van der Waals surface area contributed by atoms with Gasteiger partial charge in [-0.05, 0) is 56.5 Å². The van der Waals surface area contributed by atoms with Gasteiger partial charge in [0.1, 0.15) is 0 Å². The number of anilines is 1. The van der Waals surface area contributed by atoms with E-state index in [2.05, 4.69) is 10.2 Å². The summed E-state index contributed by atoms with van der Waals surface area (Å²) in [4.78, 5) is 27.7. The molecule has 0 unspecified atom stereocenters. The van der Waals surface area contributed by atoms with Crippen LogP contribution in [0.4, 0.5) is 5.69 Å². The Bertz CT molecular complexity index is 928. The monoisotopic (exact) mass is 416 g/mol. The predicted molar refractivity (Wildman–Crippen MR) is 110 cm³/mol. The number of fused-ring (bicyclic) bond motifs is 4. The highest BCUT2D eigenvalue weighted by Gasteiger charge is 2.64. The zero-order valence-corrected chi connectivity index (χ0v) is 17.5. The Hall–Kier alpha value is -2.74. The number of piperidine rings is 1. The number of hydrogen-bond acceptors (Lipinski definition) is 7. The van der Waals surface area contributed by atoms with Gasteiger partial charge in [0.2, 0.25) is 5.91 Å². The Morgan fingerprint density at radius 1 is 1.33 bits per heavy atom. The first-order valence-electron chi connectivity index (χ1n) is 10.3. The maximum Gasteiger partial charge on any atom is 0.372 e. The number of carbonyl (C=O) groups is 2. The van der Waals surface area contributed by atoms with Gasteiger partial charge in [0.15, 0.2) is 17.3 Å². The van der Waals surface area contributed by atoms with E-state index < -0.39 is 22.6 Å². The van der Waals surface area contributed by atoms with Gasteiger partial charge in [0.25, 0.3) is 0 Å². The lowest BCUT2D eigenvalue weighted by Crippen LogP contribution is -2.58. The van der Waals surface area contributed by atoms with Crippen molar-refractivity contribution in [3.8, 4) is 11.5 Å². The topological polar surface area (TPSA) is 108 Å². The second-order valence-electron chi connectivity index (χ2n) is 8.40. The van der Waals surface area contributed by atoms with Gasteiger partial charge >= 0.3 is 5.97 Å². The van der Waals surface area contributed by atoms with E-state index in [1.54, 1.807) is 18.2 Å². The van der Waals surface area contributed by atoms with Crippen LogP contribution in [0.2, 0.25) is 0 Å². The Morgan fingerprint density at radius 3 is 2.77 bits per heavy atom. The van der Waals surface area contributed by atoms with Gasteiger partial charge in [-0.1, -0.05) is 6.92 Å². The molecule has 0 saturated carbocycles. The second-order valence-corrected chi connectivity index (χ2v) is 8.40. The van der Waals surface area contributed by atoms with Gasteiger partial charge in [-0.15, -0.1) is 0 Å². The number of phenols is 1. The highest BCUT2D eigenvalue weighted by molar-refractivity contribution is 6.08. The standard InChI is InChI=1S/C22H28N2O6/c1-4-21(12-16(26)18(27)30-3)6-5-8-24-9-7-22(19(21)24)13-10-15(25)17(29-2)11-14(13)23-20(22)28/h10-12,19,25-26H,4-9H2,1-3H3,(H,23,28)/t19-,21-,22+/m0/s1. The first-order valence-corrected chi connectivity index (χ1v) is 10.3. The number of nitrogens with one attached hydrogen (secondary N) is 1. The van der Waals surface area contributed by atoms with E-state index in [1.165, 1.54) is 14.2 Å². The van der Waals surface area contributed by atoms with E-state index in [-0.39, 0.29) is 17.7 Å². The molecule has 0 radical (unpaired) electrons. The fourth-order valence-corrected chi connectivity index (χ4v) is 5.88. The summed E-state index contributed by atoms with van der Waals surface area (Å²) in [5, 5.41) is 23.8. The zero-order valence-electron chi connectivity index (χ0n) is 17.5. The molecule has 3 atom stereocenters. The number of benzene rings is 1. The molecule has 30 heavy (non-hydrogen) atoms. The Balaban J connectivity index is 1.90. The average molecular weight is 416 g/mol. The number of nitrogens with zero attached hydrogens (tertiary/aromatic N) is 1. The summed E-state index contributed by atoms with van der Waals surface area (Å²) in [6.07, 6.45) is 4.46. The predicted octanol–water partition coefficient (Wildman–Crippen LogP) is 2.47. The minimum atomic E-state index is -0.886. The normalized spacial score (nSPS) is 30.7. The number of phenolic OH excluding ortho intramolecular Hbond substituents is 1. The SMILES string of the molecule is CC[C@@]1(C=C(O)C(=O)OC)CCCN2CC[C@]3(C(=O)Nc4cc(OC)c(O)cc43)[C@@H]21. The lowest BCUT2D eigenvalue weighted by Gasteiger charge is -2.50. The number of rotatable bonds is 4. The van der Waals surface area contributed by atoms with Crippen molar-refractivity contribution < 1.29 is 29.3 Å². The molecule has 2 saturated heterocycles. The molecule has 3 aliphatic rings. The minimum Gasteiger partial charge on any atom is -0.504 e. The Morgan fingerprint density at radius 2 is 2.10 bits per heavy atom. The van der Waals surface area contributed by atoms with Crippen LogP contribution in [0.3, 0.4) is 0 Å². The van der Waals surface area contributed by atoms with Crippen LogP contribution in [0.15, 0.2) is 24.0 Å². The first-order chi connectivity index (χ1) is 14.3. The molecule has 3 aliphatic heterocycles. The Kier molecular flexibility index (Phi) is 4.92. The van der Waals surface area contributed by atoms with E-state index >= 15 is 0 Å². The number of esters is 1. The number of amides is 1. The highest BCUT2D eigenvalue weighted by Crippen LogP contribution is 2.58. The van der Waals surface area contributed by atoms with Crippen molar-refractivity contribution in [2.45, 2.75) is 44.1 Å².